The highest BCUT2D eigenvalue weighted by Gasteiger charge is 2.38. The average molecular weight is 581 g/mol. The third-order valence-corrected chi connectivity index (χ3v) is 8.70. The zero-order valence-corrected chi connectivity index (χ0v) is 22.9. The third-order valence-electron chi connectivity index (χ3n) is 7.47. The second-order valence-electron chi connectivity index (χ2n) is 10.2. The maximum Gasteiger partial charge on any atom is 0.265 e. The van der Waals surface area contributed by atoms with Crippen LogP contribution in [-0.4, -0.2) is 67.6 Å². The Morgan fingerprint density at radius 3 is 2.59 bits per heavy atom. The van der Waals surface area contributed by atoms with Crippen molar-refractivity contribution < 1.29 is 27.9 Å². The number of nitrogens with zero attached hydrogens (tertiary/aromatic N) is 2. The summed E-state index contributed by atoms with van der Waals surface area (Å²) >= 11 is 7.14. The van der Waals surface area contributed by atoms with Gasteiger partial charge in [-0.3, -0.25) is 19.3 Å². The van der Waals surface area contributed by atoms with Crippen molar-refractivity contribution in [3.05, 3.63) is 45.1 Å². The molecule has 1 saturated heterocycles. The molecular formula is C27H31ClF2N4O4S. The summed E-state index contributed by atoms with van der Waals surface area (Å²) in [5.41, 5.74) is -0.0167. The van der Waals surface area contributed by atoms with Crippen molar-refractivity contribution in [3.63, 3.8) is 0 Å². The molecule has 2 aromatic rings. The van der Waals surface area contributed by atoms with E-state index in [1.54, 1.807) is 12.1 Å². The second-order valence-corrected chi connectivity index (χ2v) is 11.9. The van der Waals surface area contributed by atoms with E-state index in [9.17, 15) is 23.2 Å². The Morgan fingerprint density at radius 2 is 1.97 bits per heavy atom. The van der Waals surface area contributed by atoms with Gasteiger partial charge in [-0.25, -0.2) is 8.78 Å². The molecule has 0 bridgehead atoms. The molecule has 1 aliphatic heterocycles. The molecule has 5 rings (SSSR count). The highest BCUT2D eigenvalue weighted by molar-refractivity contribution is 7.18. The van der Waals surface area contributed by atoms with Gasteiger partial charge in [0.05, 0.1) is 21.5 Å². The van der Waals surface area contributed by atoms with Crippen LogP contribution < -0.4 is 15.5 Å². The predicted molar refractivity (Wildman–Crippen MR) is 146 cm³/mol. The number of benzene rings is 1. The molecule has 0 radical (unpaired) electrons. The van der Waals surface area contributed by atoms with Crippen molar-refractivity contribution in [1.82, 2.24) is 10.2 Å². The smallest absolute Gasteiger partial charge is 0.265 e. The fourth-order valence-electron chi connectivity index (χ4n) is 4.97. The number of thiophene rings is 1. The van der Waals surface area contributed by atoms with Crippen LogP contribution in [0.3, 0.4) is 0 Å². The molecule has 2 heterocycles. The molecule has 210 valence electrons. The SMILES string of the molecule is O=C(NC[C@H](C(=O)Nc1ccc(N2CCOCC2=O)c(C(F)F)c1)N(CC1CC1)C1CCC1)c1ccc(Cl)s1. The lowest BCUT2D eigenvalue weighted by atomic mass is 9.89. The lowest BCUT2D eigenvalue weighted by molar-refractivity contribution is -0.125. The number of amides is 3. The fraction of sp³-hybridized carbons (Fsp3) is 0.519. The number of carbonyl (C=O) groups is 3. The number of nitrogens with one attached hydrogen (secondary N) is 2. The molecule has 1 aromatic heterocycles. The first-order valence-corrected chi connectivity index (χ1v) is 14.4. The molecule has 1 atom stereocenters. The molecule has 3 fully saturated rings. The molecule has 2 saturated carbocycles. The Bertz CT molecular complexity index is 1220. The summed E-state index contributed by atoms with van der Waals surface area (Å²) in [6, 6.07) is 7.03. The number of hydrogen-bond acceptors (Lipinski definition) is 6. The van der Waals surface area contributed by atoms with Gasteiger partial charge >= 0.3 is 0 Å². The monoisotopic (exact) mass is 580 g/mol. The highest BCUT2D eigenvalue weighted by atomic mass is 35.5. The van der Waals surface area contributed by atoms with Crippen LogP contribution in [0.15, 0.2) is 30.3 Å². The van der Waals surface area contributed by atoms with Crippen LogP contribution in [0.1, 0.15) is 53.8 Å². The number of ether oxygens (including phenoxy) is 1. The number of carbonyl (C=O) groups excluding carboxylic acids is 3. The van der Waals surface area contributed by atoms with Gasteiger partial charge in [-0.05, 0) is 61.9 Å². The van der Waals surface area contributed by atoms with Gasteiger partial charge in [0, 0.05) is 36.9 Å². The maximum atomic E-state index is 14.0. The van der Waals surface area contributed by atoms with E-state index >= 15 is 0 Å². The van der Waals surface area contributed by atoms with Crippen LogP contribution in [0.25, 0.3) is 0 Å². The number of hydrogen-bond donors (Lipinski definition) is 2. The largest absolute Gasteiger partial charge is 0.370 e. The Balaban J connectivity index is 1.36. The third kappa shape index (κ3) is 6.77. The number of morpholine rings is 1. The molecule has 0 spiro atoms. The summed E-state index contributed by atoms with van der Waals surface area (Å²) in [6.07, 6.45) is 2.40. The summed E-state index contributed by atoms with van der Waals surface area (Å²) < 4.78 is 33.7. The molecule has 3 amide bonds. The van der Waals surface area contributed by atoms with Crippen molar-refractivity contribution in [1.29, 1.82) is 0 Å². The first-order valence-electron chi connectivity index (χ1n) is 13.2. The highest BCUT2D eigenvalue weighted by Crippen LogP contribution is 2.36. The van der Waals surface area contributed by atoms with Crippen LogP contribution in [0.5, 0.6) is 0 Å². The van der Waals surface area contributed by atoms with E-state index in [2.05, 4.69) is 15.5 Å². The van der Waals surface area contributed by atoms with E-state index < -0.39 is 12.5 Å². The van der Waals surface area contributed by atoms with E-state index in [-0.39, 0.29) is 67.0 Å². The Kier molecular flexibility index (Phi) is 8.80. The summed E-state index contributed by atoms with van der Waals surface area (Å²) in [6.45, 7) is 1.11. The lowest BCUT2D eigenvalue weighted by Gasteiger charge is -2.42. The van der Waals surface area contributed by atoms with Gasteiger partial charge in [0.15, 0.2) is 0 Å². The second kappa shape index (κ2) is 12.3. The van der Waals surface area contributed by atoms with Gasteiger partial charge in [0.1, 0.15) is 12.6 Å². The zero-order chi connectivity index (χ0) is 27.5. The number of halogens is 3. The van der Waals surface area contributed by atoms with Crippen LogP contribution in [0, 0.1) is 5.92 Å². The van der Waals surface area contributed by atoms with Gasteiger partial charge in [0.25, 0.3) is 18.2 Å². The van der Waals surface area contributed by atoms with Crippen LogP contribution in [0.2, 0.25) is 4.34 Å². The summed E-state index contributed by atoms with van der Waals surface area (Å²) in [4.78, 5) is 42.6. The number of alkyl halides is 2. The van der Waals surface area contributed by atoms with Crippen molar-refractivity contribution in [3.8, 4) is 0 Å². The minimum Gasteiger partial charge on any atom is -0.370 e. The minimum absolute atomic E-state index is 0.0749. The number of anilines is 2. The van der Waals surface area contributed by atoms with E-state index in [0.29, 0.717) is 15.1 Å². The molecule has 2 N–H and O–H groups in total. The van der Waals surface area contributed by atoms with Gasteiger partial charge in [0.2, 0.25) is 5.91 Å². The molecule has 39 heavy (non-hydrogen) atoms. The molecule has 2 aliphatic carbocycles. The van der Waals surface area contributed by atoms with Gasteiger partial charge in [-0.15, -0.1) is 11.3 Å². The maximum absolute atomic E-state index is 14.0. The Morgan fingerprint density at radius 1 is 1.18 bits per heavy atom. The predicted octanol–water partition coefficient (Wildman–Crippen LogP) is 4.70. The van der Waals surface area contributed by atoms with E-state index in [4.69, 9.17) is 16.3 Å². The molecule has 1 aromatic carbocycles. The zero-order valence-electron chi connectivity index (χ0n) is 21.3. The van der Waals surface area contributed by atoms with E-state index in [0.717, 1.165) is 50.0 Å². The van der Waals surface area contributed by atoms with Crippen molar-refractivity contribution in [2.45, 2.75) is 50.6 Å². The Labute approximate surface area is 234 Å². The molecular weight excluding hydrogens is 550 g/mol. The normalized spacial score (nSPS) is 18.8. The fourth-order valence-corrected chi connectivity index (χ4v) is 5.93. The first-order chi connectivity index (χ1) is 18.8. The van der Waals surface area contributed by atoms with E-state index in [1.807, 2.05) is 0 Å². The van der Waals surface area contributed by atoms with Gasteiger partial charge in [-0.2, -0.15) is 0 Å². The quantitative estimate of drug-likeness (QED) is 0.402. The van der Waals surface area contributed by atoms with E-state index in [1.165, 1.54) is 23.1 Å². The average Bonchev–Trinajstić information content (AvgIpc) is 3.59. The summed E-state index contributed by atoms with van der Waals surface area (Å²) in [7, 11) is 0. The lowest BCUT2D eigenvalue weighted by Crippen LogP contribution is -2.56. The van der Waals surface area contributed by atoms with Crippen LogP contribution >= 0.6 is 22.9 Å². The van der Waals surface area contributed by atoms with Crippen molar-refractivity contribution in [2.24, 2.45) is 5.92 Å². The van der Waals surface area contributed by atoms with Gasteiger partial charge < -0.3 is 20.3 Å². The first kappa shape index (κ1) is 27.9. The topological polar surface area (TPSA) is 91.0 Å². The Hall–Kier alpha value is -2.60. The van der Waals surface area contributed by atoms with Crippen LogP contribution in [0.4, 0.5) is 20.2 Å². The van der Waals surface area contributed by atoms with Crippen molar-refractivity contribution >= 4 is 52.0 Å². The molecule has 12 heteroatoms. The summed E-state index contributed by atoms with van der Waals surface area (Å²) in [5, 5.41) is 5.69. The molecule has 8 nitrogen and oxygen atoms in total. The standard InChI is InChI=1S/C27H31ClF2N4O4S/c28-23-9-8-22(39-23)27(37)31-13-21(34(14-16-4-5-16)18-2-1-3-18)26(36)32-17-6-7-20(19(12-17)25(29)30)33-10-11-38-15-24(33)35/h6-9,12,16,18,21,25H,1-5,10-11,13-15H2,(H,31,37)(H,32,36)/t21-/m1/s1. The molecule has 3 aliphatic rings. The summed E-state index contributed by atoms with van der Waals surface area (Å²) in [5.74, 6) is -0.561. The van der Waals surface area contributed by atoms with Crippen LogP contribution in [-0.2, 0) is 14.3 Å². The minimum atomic E-state index is -2.85. The van der Waals surface area contributed by atoms with Crippen molar-refractivity contribution in [2.75, 3.05) is 43.1 Å². The van der Waals surface area contributed by atoms with Gasteiger partial charge in [-0.1, -0.05) is 18.0 Å². The number of rotatable bonds is 11. The molecule has 0 unspecified atom stereocenters.